The van der Waals surface area contributed by atoms with Crippen LogP contribution in [0.3, 0.4) is 0 Å². The van der Waals surface area contributed by atoms with E-state index in [1.807, 2.05) is 58.0 Å². The summed E-state index contributed by atoms with van der Waals surface area (Å²) in [5.41, 5.74) is 0.507. The van der Waals surface area contributed by atoms with E-state index in [0.29, 0.717) is 17.7 Å². The van der Waals surface area contributed by atoms with E-state index in [2.05, 4.69) is 15.6 Å². The topological polar surface area (TPSA) is 76.9 Å². The summed E-state index contributed by atoms with van der Waals surface area (Å²) < 4.78 is 1.59. The summed E-state index contributed by atoms with van der Waals surface area (Å²) in [5.74, 6) is -0.0795. The van der Waals surface area contributed by atoms with Gasteiger partial charge in [-0.25, -0.2) is 4.68 Å². The standard InChI is InChI=1S/C21H28N4O2/c1-6-7-13-18(16(4)26)25-14-19(23-24-25)21(5,15(2)3)22-20(27)17-11-9-8-10-12-17/h6-12,14-15,18H,13H2,1-5H3,(H,22,27)/b7-6+/t18-,21?/m1/s1. The molecule has 2 atom stereocenters. The maximum atomic E-state index is 12.7. The van der Waals surface area contributed by atoms with Gasteiger partial charge in [-0.3, -0.25) is 9.59 Å². The van der Waals surface area contributed by atoms with Crippen LogP contribution in [-0.2, 0) is 10.3 Å². The number of Topliss-reactive ketones (excluding diaryl/α,β-unsaturated/α-hetero) is 1. The van der Waals surface area contributed by atoms with Crippen molar-refractivity contribution in [3.8, 4) is 0 Å². The number of amides is 1. The second kappa shape index (κ2) is 8.75. The number of carbonyl (C=O) groups excluding carboxylic acids is 2. The molecule has 0 saturated carbocycles. The molecule has 0 spiro atoms. The smallest absolute Gasteiger partial charge is 0.252 e. The molecule has 2 aromatic rings. The summed E-state index contributed by atoms with van der Waals surface area (Å²) >= 11 is 0. The summed E-state index contributed by atoms with van der Waals surface area (Å²) in [4.78, 5) is 24.7. The van der Waals surface area contributed by atoms with Crippen LogP contribution in [0.25, 0.3) is 0 Å². The number of nitrogens with zero attached hydrogens (tertiary/aromatic N) is 3. The number of benzene rings is 1. The largest absolute Gasteiger partial charge is 0.341 e. The van der Waals surface area contributed by atoms with Crippen molar-refractivity contribution in [1.82, 2.24) is 20.3 Å². The third-order valence-electron chi connectivity index (χ3n) is 4.99. The van der Waals surface area contributed by atoms with E-state index in [1.54, 1.807) is 29.9 Å². The van der Waals surface area contributed by atoms with Gasteiger partial charge in [0.15, 0.2) is 5.78 Å². The molecule has 1 aromatic carbocycles. The number of hydrogen-bond donors (Lipinski definition) is 1. The normalized spacial score (nSPS) is 14.9. The van der Waals surface area contributed by atoms with Crippen LogP contribution in [0.1, 0.15) is 63.1 Å². The first kappa shape index (κ1) is 20.6. The molecule has 0 bridgehead atoms. The lowest BCUT2D eigenvalue weighted by Gasteiger charge is -2.33. The highest BCUT2D eigenvalue weighted by Gasteiger charge is 2.36. The van der Waals surface area contributed by atoms with E-state index in [-0.39, 0.29) is 17.6 Å². The minimum atomic E-state index is -0.715. The average molecular weight is 368 g/mol. The lowest BCUT2D eigenvalue weighted by molar-refractivity contribution is -0.120. The predicted molar refractivity (Wildman–Crippen MR) is 105 cm³/mol. The minimum Gasteiger partial charge on any atom is -0.341 e. The van der Waals surface area contributed by atoms with Crippen LogP contribution in [0.5, 0.6) is 0 Å². The quantitative estimate of drug-likeness (QED) is 0.721. The zero-order valence-corrected chi connectivity index (χ0v) is 16.6. The molecule has 0 aliphatic carbocycles. The van der Waals surface area contributed by atoms with Crippen molar-refractivity contribution in [3.05, 3.63) is 59.9 Å². The third-order valence-corrected chi connectivity index (χ3v) is 4.99. The maximum absolute atomic E-state index is 12.7. The van der Waals surface area contributed by atoms with Gasteiger partial charge in [0.05, 0.1) is 11.7 Å². The fourth-order valence-corrected chi connectivity index (χ4v) is 2.79. The van der Waals surface area contributed by atoms with Gasteiger partial charge in [0, 0.05) is 5.56 Å². The number of allylic oxidation sites excluding steroid dienone is 2. The second-order valence-electron chi connectivity index (χ2n) is 7.19. The Hall–Kier alpha value is -2.76. The molecular formula is C21H28N4O2. The van der Waals surface area contributed by atoms with Gasteiger partial charge in [-0.2, -0.15) is 0 Å². The highest BCUT2D eigenvalue weighted by molar-refractivity contribution is 5.94. The molecule has 1 amide bonds. The summed E-state index contributed by atoms with van der Waals surface area (Å²) in [6.07, 6.45) is 6.17. The molecule has 6 nitrogen and oxygen atoms in total. The van der Waals surface area contributed by atoms with Gasteiger partial charge in [-0.05, 0) is 45.2 Å². The van der Waals surface area contributed by atoms with E-state index in [0.717, 1.165) is 0 Å². The monoisotopic (exact) mass is 368 g/mol. The summed E-state index contributed by atoms with van der Waals surface area (Å²) in [6, 6.07) is 8.68. The van der Waals surface area contributed by atoms with E-state index in [4.69, 9.17) is 0 Å². The fraction of sp³-hybridized carbons (Fsp3) is 0.429. The van der Waals surface area contributed by atoms with Crippen molar-refractivity contribution >= 4 is 11.7 Å². The molecule has 0 radical (unpaired) electrons. The second-order valence-corrected chi connectivity index (χ2v) is 7.19. The number of aromatic nitrogens is 3. The number of hydrogen-bond acceptors (Lipinski definition) is 4. The van der Waals surface area contributed by atoms with Crippen LogP contribution in [-0.4, -0.2) is 26.7 Å². The summed E-state index contributed by atoms with van der Waals surface area (Å²) in [5, 5.41) is 11.6. The highest BCUT2D eigenvalue weighted by atomic mass is 16.2. The van der Waals surface area contributed by atoms with Crippen molar-refractivity contribution in [2.24, 2.45) is 5.92 Å². The predicted octanol–water partition coefficient (Wildman–Crippen LogP) is 3.68. The van der Waals surface area contributed by atoms with Crippen LogP contribution < -0.4 is 5.32 Å². The zero-order chi connectivity index (χ0) is 20.0. The molecule has 1 N–H and O–H groups in total. The van der Waals surface area contributed by atoms with Crippen LogP contribution in [0.15, 0.2) is 48.7 Å². The van der Waals surface area contributed by atoms with Gasteiger partial charge < -0.3 is 5.32 Å². The summed E-state index contributed by atoms with van der Waals surface area (Å²) in [7, 11) is 0. The highest BCUT2D eigenvalue weighted by Crippen LogP contribution is 2.29. The van der Waals surface area contributed by atoms with Crippen LogP contribution in [0.2, 0.25) is 0 Å². The maximum Gasteiger partial charge on any atom is 0.252 e. The Kier molecular flexibility index (Phi) is 6.66. The minimum absolute atomic E-state index is 0.0177. The van der Waals surface area contributed by atoms with E-state index in [9.17, 15) is 9.59 Å². The first-order valence-electron chi connectivity index (χ1n) is 9.21. The molecule has 27 heavy (non-hydrogen) atoms. The van der Waals surface area contributed by atoms with Gasteiger partial charge in [0.25, 0.3) is 5.91 Å². The molecule has 144 valence electrons. The Labute approximate surface area is 160 Å². The third kappa shape index (κ3) is 4.70. The van der Waals surface area contributed by atoms with Gasteiger partial charge in [0.1, 0.15) is 11.7 Å². The molecule has 0 fully saturated rings. The summed E-state index contributed by atoms with van der Waals surface area (Å²) in [6.45, 7) is 9.44. The van der Waals surface area contributed by atoms with Crippen molar-refractivity contribution < 1.29 is 9.59 Å². The lowest BCUT2D eigenvalue weighted by atomic mass is 9.85. The Morgan fingerprint density at radius 3 is 2.48 bits per heavy atom. The number of ketones is 1. The van der Waals surface area contributed by atoms with Crippen molar-refractivity contribution in [1.29, 1.82) is 0 Å². The Morgan fingerprint density at radius 1 is 1.26 bits per heavy atom. The number of carbonyl (C=O) groups is 2. The molecule has 0 saturated heterocycles. The molecule has 2 rings (SSSR count). The zero-order valence-electron chi connectivity index (χ0n) is 16.6. The van der Waals surface area contributed by atoms with Gasteiger partial charge in [-0.1, -0.05) is 49.4 Å². The Balaban J connectivity index is 2.32. The van der Waals surface area contributed by atoms with E-state index >= 15 is 0 Å². The fourth-order valence-electron chi connectivity index (χ4n) is 2.79. The number of rotatable bonds is 8. The molecule has 6 heteroatoms. The van der Waals surface area contributed by atoms with Crippen molar-refractivity contribution in [3.63, 3.8) is 0 Å². The molecule has 1 heterocycles. The molecular weight excluding hydrogens is 340 g/mol. The molecule has 0 aliphatic heterocycles. The van der Waals surface area contributed by atoms with E-state index in [1.165, 1.54) is 0 Å². The Morgan fingerprint density at radius 2 is 1.93 bits per heavy atom. The lowest BCUT2D eigenvalue weighted by Crippen LogP contribution is -2.47. The van der Waals surface area contributed by atoms with Gasteiger partial charge in [0.2, 0.25) is 0 Å². The molecule has 1 unspecified atom stereocenters. The SMILES string of the molecule is C/C=C/C[C@H](C(C)=O)n1cc(C(C)(NC(=O)c2ccccc2)C(C)C)nn1. The first-order valence-corrected chi connectivity index (χ1v) is 9.21. The van der Waals surface area contributed by atoms with Gasteiger partial charge in [-0.15, -0.1) is 5.10 Å². The van der Waals surface area contributed by atoms with E-state index < -0.39 is 11.6 Å². The van der Waals surface area contributed by atoms with Crippen molar-refractivity contribution in [2.75, 3.05) is 0 Å². The van der Waals surface area contributed by atoms with Crippen LogP contribution in [0.4, 0.5) is 0 Å². The first-order chi connectivity index (χ1) is 12.8. The number of nitrogens with one attached hydrogen (secondary N) is 1. The Bertz CT molecular complexity index is 811. The molecule has 1 aromatic heterocycles. The van der Waals surface area contributed by atoms with Gasteiger partial charge >= 0.3 is 0 Å². The van der Waals surface area contributed by atoms with Crippen molar-refractivity contribution in [2.45, 2.75) is 52.6 Å². The molecule has 0 aliphatic rings. The van der Waals surface area contributed by atoms with Crippen LogP contribution >= 0.6 is 0 Å². The average Bonchev–Trinajstić information content (AvgIpc) is 3.12. The van der Waals surface area contributed by atoms with Crippen LogP contribution in [0, 0.1) is 5.92 Å².